The summed E-state index contributed by atoms with van der Waals surface area (Å²) in [6.07, 6.45) is 2.92. The van der Waals surface area contributed by atoms with Crippen LogP contribution in [0.5, 0.6) is 0 Å². The van der Waals surface area contributed by atoms with Crippen molar-refractivity contribution in [2.24, 2.45) is 7.05 Å². The van der Waals surface area contributed by atoms with Crippen LogP contribution >= 0.6 is 0 Å². The van der Waals surface area contributed by atoms with Crippen LogP contribution in [0.3, 0.4) is 0 Å². The smallest absolute Gasteiger partial charge is 0.241 e. The van der Waals surface area contributed by atoms with Crippen molar-refractivity contribution in [3.8, 4) is 0 Å². The molecule has 0 atom stereocenters. The van der Waals surface area contributed by atoms with E-state index in [1.165, 1.54) is 34.3 Å². The van der Waals surface area contributed by atoms with Crippen LogP contribution in [0, 0.1) is 5.82 Å². The number of benzene rings is 2. The summed E-state index contributed by atoms with van der Waals surface area (Å²) in [7, 11) is 2.14. The predicted octanol–water partition coefficient (Wildman–Crippen LogP) is 3.92. The summed E-state index contributed by atoms with van der Waals surface area (Å²) < 4.78 is 15.4. The molecule has 2 aromatic carbocycles. The maximum absolute atomic E-state index is 13.1. The molecule has 1 N–H and O–H groups in total. The molecule has 6 heteroatoms. The molecular weight excluding hydrogens is 415 g/mol. The number of carbonyl (C=O) groups is 1. The highest BCUT2D eigenvalue weighted by Gasteiger charge is 2.26. The molecule has 176 valence electrons. The molecule has 0 spiro atoms. The van der Waals surface area contributed by atoms with Crippen molar-refractivity contribution in [3.63, 3.8) is 0 Å². The van der Waals surface area contributed by atoms with Crippen LogP contribution in [-0.4, -0.2) is 54.6 Å². The molecule has 0 radical (unpaired) electrons. The number of amides is 1. The van der Waals surface area contributed by atoms with E-state index in [2.05, 4.69) is 40.0 Å². The van der Waals surface area contributed by atoms with Crippen LogP contribution in [-0.2, 0) is 31.1 Å². The zero-order valence-electron chi connectivity index (χ0n) is 20.0. The SMILES string of the molecule is CC.Cn1c2c(c3ccc(N4CCN(CCc5ccc(F)cc5)CC4=O)cc31)CCNCC2. The lowest BCUT2D eigenvalue weighted by atomic mass is 10.1. The van der Waals surface area contributed by atoms with Gasteiger partial charge in [0.2, 0.25) is 5.91 Å². The van der Waals surface area contributed by atoms with Gasteiger partial charge in [-0.3, -0.25) is 9.69 Å². The highest BCUT2D eigenvalue weighted by Crippen LogP contribution is 2.31. The van der Waals surface area contributed by atoms with Gasteiger partial charge in [-0.2, -0.15) is 0 Å². The summed E-state index contributed by atoms with van der Waals surface area (Å²) in [6, 6.07) is 13.1. The highest BCUT2D eigenvalue weighted by molar-refractivity contribution is 5.98. The van der Waals surface area contributed by atoms with Crippen LogP contribution in [0.2, 0.25) is 0 Å². The van der Waals surface area contributed by atoms with Crippen molar-refractivity contribution in [2.75, 3.05) is 44.2 Å². The average molecular weight is 451 g/mol. The van der Waals surface area contributed by atoms with E-state index in [-0.39, 0.29) is 11.7 Å². The maximum atomic E-state index is 13.1. The lowest BCUT2D eigenvalue weighted by Crippen LogP contribution is -2.50. The minimum atomic E-state index is -0.212. The summed E-state index contributed by atoms with van der Waals surface area (Å²) in [5, 5.41) is 4.80. The first kappa shape index (κ1) is 23.5. The van der Waals surface area contributed by atoms with Crippen LogP contribution in [0.25, 0.3) is 10.9 Å². The van der Waals surface area contributed by atoms with Gasteiger partial charge in [0.15, 0.2) is 0 Å². The van der Waals surface area contributed by atoms with Crippen LogP contribution in [0.4, 0.5) is 10.1 Å². The molecular formula is C27H35FN4O. The summed E-state index contributed by atoms with van der Waals surface area (Å²) in [5.74, 6) is -0.0690. The van der Waals surface area contributed by atoms with Gasteiger partial charge in [-0.05, 0) is 54.8 Å². The number of nitrogens with one attached hydrogen (secondary N) is 1. The molecule has 2 aliphatic heterocycles. The second kappa shape index (κ2) is 10.5. The molecule has 1 amide bonds. The largest absolute Gasteiger partial charge is 0.347 e. The minimum Gasteiger partial charge on any atom is -0.347 e. The van der Waals surface area contributed by atoms with Gasteiger partial charge in [-0.15, -0.1) is 0 Å². The second-order valence-electron chi connectivity index (χ2n) is 8.63. The number of rotatable bonds is 4. The van der Waals surface area contributed by atoms with Crippen molar-refractivity contribution in [1.82, 2.24) is 14.8 Å². The Morgan fingerprint density at radius 2 is 1.76 bits per heavy atom. The van der Waals surface area contributed by atoms with Crippen LogP contribution < -0.4 is 10.2 Å². The third kappa shape index (κ3) is 4.97. The number of aromatic nitrogens is 1. The van der Waals surface area contributed by atoms with E-state index in [4.69, 9.17) is 0 Å². The molecule has 1 aromatic heterocycles. The number of nitrogens with zero attached hydrogens (tertiary/aromatic N) is 3. The van der Waals surface area contributed by atoms with Crippen LogP contribution in [0.15, 0.2) is 42.5 Å². The Balaban J connectivity index is 0.00000126. The monoisotopic (exact) mass is 450 g/mol. The fourth-order valence-electron chi connectivity index (χ4n) is 4.99. The lowest BCUT2D eigenvalue weighted by Gasteiger charge is -2.34. The Hall–Kier alpha value is -2.70. The van der Waals surface area contributed by atoms with E-state index in [0.29, 0.717) is 13.1 Å². The van der Waals surface area contributed by atoms with Gasteiger partial charge in [0.05, 0.1) is 12.1 Å². The fourth-order valence-corrected chi connectivity index (χ4v) is 4.99. The number of aryl methyl sites for hydroxylation is 1. The minimum absolute atomic E-state index is 0.143. The zero-order chi connectivity index (χ0) is 23.4. The molecule has 33 heavy (non-hydrogen) atoms. The van der Waals surface area contributed by atoms with E-state index >= 15 is 0 Å². The fraction of sp³-hybridized carbons (Fsp3) is 0.444. The van der Waals surface area contributed by atoms with E-state index in [0.717, 1.165) is 56.7 Å². The Bertz CT molecular complexity index is 1110. The summed E-state index contributed by atoms with van der Waals surface area (Å²) in [4.78, 5) is 17.1. The Labute approximate surface area is 196 Å². The molecule has 3 aromatic rings. The number of hydrogen-bond donors (Lipinski definition) is 1. The molecule has 3 heterocycles. The Kier molecular flexibility index (Phi) is 7.46. The molecule has 1 saturated heterocycles. The quantitative estimate of drug-likeness (QED) is 0.655. The van der Waals surface area contributed by atoms with Gasteiger partial charge in [0.1, 0.15) is 5.82 Å². The summed E-state index contributed by atoms with van der Waals surface area (Å²) in [6.45, 7) is 8.81. The van der Waals surface area contributed by atoms with Gasteiger partial charge in [-0.1, -0.05) is 32.0 Å². The van der Waals surface area contributed by atoms with E-state index in [1.807, 2.05) is 30.9 Å². The van der Waals surface area contributed by atoms with Crippen molar-refractivity contribution in [1.29, 1.82) is 0 Å². The van der Waals surface area contributed by atoms with Gasteiger partial charge in [0, 0.05) is 56.4 Å². The van der Waals surface area contributed by atoms with Crippen LogP contribution in [0.1, 0.15) is 30.7 Å². The number of anilines is 1. The number of halogens is 1. The zero-order valence-corrected chi connectivity index (χ0v) is 20.0. The average Bonchev–Trinajstić information content (AvgIpc) is 2.99. The van der Waals surface area contributed by atoms with Crippen molar-refractivity contribution >= 4 is 22.5 Å². The van der Waals surface area contributed by atoms with Crippen molar-refractivity contribution in [2.45, 2.75) is 33.1 Å². The molecule has 0 aliphatic carbocycles. The van der Waals surface area contributed by atoms with Crippen molar-refractivity contribution < 1.29 is 9.18 Å². The number of carbonyl (C=O) groups excluding carboxylic acids is 1. The van der Waals surface area contributed by atoms with Gasteiger partial charge in [-0.25, -0.2) is 4.39 Å². The first-order valence-corrected chi connectivity index (χ1v) is 12.2. The maximum Gasteiger partial charge on any atom is 0.241 e. The third-order valence-electron chi connectivity index (χ3n) is 6.75. The molecule has 0 saturated carbocycles. The first-order chi connectivity index (χ1) is 16.1. The molecule has 0 bridgehead atoms. The molecule has 5 nitrogen and oxygen atoms in total. The molecule has 0 unspecified atom stereocenters. The lowest BCUT2D eigenvalue weighted by molar-refractivity contribution is -0.121. The molecule has 2 aliphatic rings. The summed E-state index contributed by atoms with van der Waals surface area (Å²) >= 11 is 0. The Morgan fingerprint density at radius 1 is 1.00 bits per heavy atom. The summed E-state index contributed by atoms with van der Waals surface area (Å²) in [5.41, 5.74) is 6.17. The van der Waals surface area contributed by atoms with Gasteiger partial charge in [0.25, 0.3) is 0 Å². The van der Waals surface area contributed by atoms with Gasteiger partial charge < -0.3 is 14.8 Å². The third-order valence-corrected chi connectivity index (χ3v) is 6.75. The van der Waals surface area contributed by atoms with E-state index in [1.54, 1.807) is 0 Å². The number of piperazine rings is 1. The van der Waals surface area contributed by atoms with E-state index < -0.39 is 0 Å². The second-order valence-corrected chi connectivity index (χ2v) is 8.63. The molecule has 1 fully saturated rings. The first-order valence-electron chi connectivity index (χ1n) is 12.2. The standard InChI is InChI=1S/C25H29FN4O.C2H6/c1-28-23-9-12-27-11-8-22(23)21-7-6-20(16-24(21)28)30-15-14-29(17-25(30)31)13-10-18-2-4-19(26)5-3-18;1-2/h2-7,16,27H,8-15,17H2,1H3;1-2H3. The normalized spacial score (nSPS) is 16.8. The predicted molar refractivity (Wildman–Crippen MR) is 133 cm³/mol. The number of fused-ring (bicyclic) bond motifs is 3. The highest BCUT2D eigenvalue weighted by atomic mass is 19.1. The molecule has 5 rings (SSSR count). The van der Waals surface area contributed by atoms with Crippen molar-refractivity contribution in [3.05, 3.63) is 65.1 Å². The van der Waals surface area contributed by atoms with Gasteiger partial charge >= 0.3 is 0 Å². The number of hydrogen-bond acceptors (Lipinski definition) is 3. The Morgan fingerprint density at radius 3 is 2.52 bits per heavy atom. The van der Waals surface area contributed by atoms with E-state index in [9.17, 15) is 9.18 Å². The topological polar surface area (TPSA) is 40.5 Å².